The Morgan fingerprint density at radius 3 is 2.33 bits per heavy atom. The molecule has 0 aliphatic carbocycles. The molecule has 0 heterocycles. The van der Waals surface area contributed by atoms with E-state index < -0.39 is 0 Å². The lowest BCUT2D eigenvalue weighted by Crippen LogP contribution is -1.92. The maximum atomic E-state index is 5.89. The Hall–Kier alpha value is -1.48. The molecule has 0 aliphatic rings. The van der Waals surface area contributed by atoms with Crippen LogP contribution in [0.5, 0.6) is 17.2 Å². The van der Waals surface area contributed by atoms with Crippen molar-refractivity contribution in [3.05, 3.63) is 53.6 Å². The van der Waals surface area contributed by atoms with Crippen LogP contribution in [0, 0.1) is 6.92 Å². The van der Waals surface area contributed by atoms with Gasteiger partial charge in [-0.05, 0) is 36.2 Å². The monoisotopic (exact) mass is 306 g/mol. The zero-order valence-corrected chi connectivity index (χ0v) is 12.0. The molecule has 2 aromatic rings. The Morgan fingerprint density at radius 2 is 1.72 bits per heavy atom. The molecule has 0 N–H and O–H groups in total. The molecule has 2 rings (SSSR count). The second-order valence-electron chi connectivity index (χ2n) is 3.99. The van der Waals surface area contributed by atoms with Crippen LogP contribution in [0.3, 0.4) is 0 Å². The maximum absolute atomic E-state index is 5.89. The number of rotatable bonds is 4. The van der Waals surface area contributed by atoms with E-state index in [1.165, 1.54) is 5.56 Å². The molecule has 2 aromatic carbocycles. The lowest BCUT2D eigenvalue weighted by Gasteiger charge is -2.12. The van der Waals surface area contributed by atoms with Gasteiger partial charge in [-0.15, -0.1) is 0 Å². The molecule has 0 fully saturated rings. The number of ether oxygens (including phenoxy) is 2. The summed E-state index contributed by atoms with van der Waals surface area (Å²) in [5.41, 5.74) is 2.35. The summed E-state index contributed by atoms with van der Waals surface area (Å²) in [5.74, 6) is 2.32. The number of alkyl halides is 1. The second kappa shape index (κ2) is 5.91. The van der Waals surface area contributed by atoms with Gasteiger partial charge < -0.3 is 9.47 Å². The summed E-state index contributed by atoms with van der Waals surface area (Å²) in [4.78, 5) is 0. The van der Waals surface area contributed by atoms with Crippen molar-refractivity contribution in [2.45, 2.75) is 12.3 Å². The van der Waals surface area contributed by atoms with Crippen molar-refractivity contribution < 1.29 is 9.47 Å². The van der Waals surface area contributed by atoms with Gasteiger partial charge in [-0.2, -0.15) is 0 Å². The van der Waals surface area contributed by atoms with Gasteiger partial charge in [-0.3, -0.25) is 0 Å². The van der Waals surface area contributed by atoms with E-state index in [4.69, 9.17) is 9.47 Å². The van der Waals surface area contributed by atoms with Crippen molar-refractivity contribution in [1.29, 1.82) is 0 Å². The van der Waals surface area contributed by atoms with E-state index in [0.717, 1.165) is 28.1 Å². The first kappa shape index (κ1) is 13.0. The largest absolute Gasteiger partial charge is 0.493 e. The van der Waals surface area contributed by atoms with Gasteiger partial charge in [0.15, 0.2) is 11.5 Å². The smallest absolute Gasteiger partial charge is 0.169 e. The summed E-state index contributed by atoms with van der Waals surface area (Å²) in [7, 11) is 1.64. The normalized spacial score (nSPS) is 10.2. The molecule has 3 heteroatoms. The van der Waals surface area contributed by atoms with Crippen LogP contribution in [-0.2, 0) is 5.33 Å². The maximum Gasteiger partial charge on any atom is 0.169 e. The highest BCUT2D eigenvalue weighted by Crippen LogP contribution is 2.32. The van der Waals surface area contributed by atoms with Crippen molar-refractivity contribution in [2.24, 2.45) is 0 Å². The number of hydrogen-bond acceptors (Lipinski definition) is 2. The highest BCUT2D eigenvalue weighted by molar-refractivity contribution is 9.08. The summed E-state index contributed by atoms with van der Waals surface area (Å²) in [6, 6.07) is 13.8. The van der Waals surface area contributed by atoms with Gasteiger partial charge in [0.25, 0.3) is 0 Å². The predicted molar refractivity (Wildman–Crippen MR) is 76.9 cm³/mol. The van der Waals surface area contributed by atoms with Crippen LogP contribution in [0.4, 0.5) is 0 Å². The van der Waals surface area contributed by atoms with E-state index in [0.29, 0.717) is 0 Å². The van der Waals surface area contributed by atoms with Crippen molar-refractivity contribution in [3.63, 3.8) is 0 Å². The zero-order chi connectivity index (χ0) is 13.0. The standard InChI is InChI=1S/C15H15BrO2/c1-11-9-12(10-16)7-8-13(11)18-15-6-4-3-5-14(15)17-2/h3-9H,10H2,1-2H3. The van der Waals surface area contributed by atoms with Crippen LogP contribution in [-0.4, -0.2) is 7.11 Å². The van der Waals surface area contributed by atoms with E-state index >= 15 is 0 Å². The van der Waals surface area contributed by atoms with Gasteiger partial charge in [0.1, 0.15) is 5.75 Å². The molecule has 94 valence electrons. The molecule has 0 bridgehead atoms. The highest BCUT2D eigenvalue weighted by Gasteiger charge is 2.06. The number of methoxy groups -OCH3 is 1. The van der Waals surface area contributed by atoms with Gasteiger partial charge in [-0.1, -0.05) is 40.2 Å². The summed E-state index contributed by atoms with van der Waals surface area (Å²) < 4.78 is 11.2. The fraction of sp³-hybridized carbons (Fsp3) is 0.200. The Morgan fingerprint density at radius 1 is 1.00 bits per heavy atom. The molecule has 0 aliphatic heterocycles. The number of halogens is 1. The van der Waals surface area contributed by atoms with Crippen molar-refractivity contribution in [1.82, 2.24) is 0 Å². The number of aryl methyl sites for hydroxylation is 1. The van der Waals surface area contributed by atoms with Crippen LogP contribution in [0.1, 0.15) is 11.1 Å². The topological polar surface area (TPSA) is 18.5 Å². The Bertz CT molecular complexity index is 538. The lowest BCUT2D eigenvalue weighted by molar-refractivity contribution is 0.378. The van der Waals surface area contributed by atoms with Gasteiger partial charge >= 0.3 is 0 Å². The first-order chi connectivity index (χ1) is 8.74. The van der Waals surface area contributed by atoms with Crippen molar-refractivity contribution in [3.8, 4) is 17.2 Å². The third kappa shape index (κ3) is 2.85. The third-order valence-electron chi connectivity index (χ3n) is 2.68. The fourth-order valence-electron chi connectivity index (χ4n) is 1.73. The molecule has 2 nitrogen and oxygen atoms in total. The molecule has 0 spiro atoms. The minimum Gasteiger partial charge on any atom is -0.493 e. The lowest BCUT2D eigenvalue weighted by atomic mass is 10.1. The van der Waals surface area contributed by atoms with Gasteiger partial charge in [0.05, 0.1) is 7.11 Å². The molecule has 0 aromatic heterocycles. The molecule has 0 saturated carbocycles. The predicted octanol–water partition coefficient (Wildman–Crippen LogP) is 4.69. The van der Waals surface area contributed by atoms with E-state index in [1.807, 2.05) is 43.3 Å². The molecule has 0 unspecified atom stereocenters. The van der Waals surface area contributed by atoms with E-state index in [9.17, 15) is 0 Å². The molecule has 0 radical (unpaired) electrons. The molecule has 18 heavy (non-hydrogen) atoms. The Labute approximate surface area is 116 Å². The van der Waals surface area contributed by atoms with Crippen LogP contribution in [0.25, 0.3) is 0 Å². The van der Waals surface area contributed by atoms with Crippen molar-refractivity contribution >= 4 is 15.9 Å². The average molecular weight is 307 g/mol. The Balaban J connectivity index is 2.28. The fourth-order valence-corrected chi connectivity index (χ4v) is 2.08. The summed E-state index contributed by atoms with van der Waals surface area (Å²) >= 11 is 3.45. The average Bonchev–Trinajstić information content (AvgIpc) is 2.41. The first-order valence-electron chi connectivity index (χ1n) is 5.71. The minimum atomic E-state index is 0.731. The van der Waals surface area contributed by atoms with E-state index in [1.54, 1.807) is 7.11 Å². The molecular formula is C15H15BrO2. The van der Waals surface area contributed by atoms with Crippen LogP contribution < -0.4 is 9.47 Å². The van der Waals surface area contributed by atoms with Crippen LogP contribution in [0.15, 0.2) is 42.5 Å². The summed E-state index contributed by atoms with van der Waals surface area (Å²) in [6.07, 6.45) is 0. The van der Waals surface area contributed by atoms with Gasteiger partial charge in [0, 0.05) is 5.33 Å². The molecule has 0 saturated heterocycles. The number of para-hydroxylation sites is 2. The number of hydrogen-bond donors (Lipinski definition) is 0. The SMILES string of the molecule is COc1ccccc1Oc1ccc(CBr)cc1C. The minimum absolute atomic E-state index is 0.731. The summed E-state index contributed by atoms with van der Waals surface area (Å²) in [6.45, 7) is 2.04. The zero-order valence-electron chi connectivity index (χ0n) is 10.4. The van der Waals surface area contributed by atoms with Crippen LogP contribution >= 0.6 is 15.9 Å². The van der Waals surface area contributed by atoms with E-state index in [2.05, 4.69) is 22.0 Å². The van der Waals surface area contributed by atoms with Gasteiger partial charge in [-0.25, -0.2) is 0 Å². The summed E-state index contributed by atoms with van der Waals surface area (Å²) in [5, 5.41) is 0.850. The van der Waals surface area contributed by atoms with Crippen molar-refractivity contribution in [2.75, 3.05) is 7.11 Å². The second-order valence-corrected chi connectivity index (χ2v) is 4.55. The quantitative estimate of drug-likeness (QED) is 0.763. The Kier molecular flexibility index (Phi) is 4.26. The number of benzene rings is 2. The molecule has 0 amide bonds. The molecule has 0 atom stereocenters. The van der Waals surface area contributed by atoms with E-state index in [-0.39, 0.29) is 0 Å². The first-order valence-corrected chi connectivity index (χ1v) is 6.83. The molecular weight excluding hydrogens is 292 g/mol. The highest BCUT2D eigenvalue weighted by atomic mass is 79.9. The van der Waals surface area contributed by atoms with Gasteiger partial charge in [0.2, 0.25) is 0 Å². The third-order valence-corrected chi connectivity index (χ3v) is 3.33. The van der Waals surface area contributed by atoms with Crippen LogP contribution in [0.2, 0.25) is 0 Å².